The van der Waals surface area contributed by atoms with Crippen molar-refractivity contribution in [3.63, 3.8) is 0 Å². The molecule has 2 fully saturated rings. The van der Waals surface area contributed by atoms with Gasteiger partial charge in [0, 0.05) is 18.3 Å². The number of carbonyl (C=O) groups excluding carboxylic acids is 2. The summed E-state index contributed by atoms with van der Waals surface area (Å²) in [6.45, 7) is 0.754. The minimum atomic E-state index is 0.0604. The Morgan fingerprint density at radius 3 is 3.19 bits per heavy atom. The van der Waals surface area contributed by atoms with Gasteiger partial charge in [-0.3, -0.25) is 9.59 Å². The highest BCUT2D eigenvalue weighted by Gasteiger charge is 2.43. The van der Waals surface area contributed by atoms with Crippen molar-refractivity contribution < 1.29 is 9.59 Å². The summed E-state index contributed by atoms with van der Waals surface area (Å²) in [6.07, 6.45) is 1.34. The lowest BCUT2D eigenvalue weighted by atomic mass is 10.1. The van der Waals surface area contributed by atoms with Gasteiger partial charge in [-0.1, -0.05) is 0 Å². The topological polar surface area (TPSA) is 49.4 Å². The fourth-order valence-corrected chi connectivity index (χ4v) is 3.16. The summed E-state index contributed by atoms with van der Waals surface area (Å²) in [6, 6.07) is 2.08. The molecule has 2 aliphatic heterocycles. The first kappa shape index (κ1) is 9.84. The maximum Gasteiger partial charge on any atom is 0.255 e. The van der Waals surface area contributed by atoms with Crippen LogP contribution in [-0.2, 0) is 4.79 Å². The molecule has 0 saturated carbocycles. The number of hydrogen-bond donors (Lipinski definition) is 1. The van der Waals surface area contributed by atoms with E-state index in [2.05, 4.69) is 5.32 Å². The molecule has 0 unspecified atom stereocenters. The maximum atomic E-state index is 12.2. The molecule has 3 rings (SSSR count). The molecule has 4 nitrogen and oxygen atoms in total. The van der Waals surface area contributed by atoms with Crippen molar-refractivity contribution in [3.05, 3.63) is 22.4 Å². The molecule has 0 spiro atoms. The highest BCUT2D eigenvalue weighted by Crippen LogP contribution is 2.27. The monoisotopic (exact) mass is 236 g/mol. The fourth-order valence-electron chi connectivity index (χ4n) is 2.53. The minimum absolute atomic E-state index is 0.0604. The van der Waals surface area contributed by atoms with Crippen LogP contribution in [0.2, 0.25) is 0 Å². The SMILES string of the molecule is O=C1C[C@H]2[C@@H](CCN2C(=O)c2ccsc2)N1. The van der Waals surface area contributed by atoms with Crippen LogP contribution in [0.15, 0.2) is 16.8 Å². The van der Waals surface area contributed by atoms with Crippen LogP contribution in [-0.4, -0.2) is 35.3 Å². The lowest BCUT2D eigenvalue weighted by Gasteiger charge is -2.21. The standard InChI is InChI=1S/C11H12N2O2S/c14-10-5-9-8(12-10)1-3-13(9)11(15)7-2-4-16-6-7/h2,4,6,8-9H,1,3,5H2,(H,12,14)/t8-,9+/m1/s1. The van der Waals surface area contributed by atoms with E-state index in [1.165, 1.54) is 11.3 Å². The molecule has 1 N–H and O–H groups in total. The summed E-state index contributed by atoms with van der Waals surface area (Å²) < 4.78 is 0. The largest absolute Gasteiger partial charge is 0.351 e. The first-order valence-corrected chi connectivity index (χ1v) is 6.32. The van der Waals surface area contributed by atoms with Gasteiger partial charge in [0.1, 0.15) is 0 Å². The lowest BCUT2D eigenvalue weighted by Crippen LogP contribution is -2.38. The molecule has 2 amide bonds. The Bertz CT molecular complexity index is 429. The van der Waals surface area contributed by atoms with Crippen molar-refractivity contribution in [2.75, 3.05) is 6.54 Å². The molecule has 5 heteroatoms. The van der Waals surface area contributed by atoms with Gasteiger partial charge in [-0.05, 0) is 17.9 Å². The zero-order valence-corrected chi connectivity index (χ0v) is 9.50. The van der Waals surface area contributed by atoms with Crippen LogP contribution in [0.4, 0.5) is 0 Å². The fraction of sp³-hybridized carbons (Fsp3) is 0.455. The molecule has 2 aliphatic rings. The van der Waals surface area contributed by atoms with Crippen LogP contribution in [0.5, 0.6) is 0 Å². The Kier molecular flexibility index (Phi) is 2.21. The summed E-state index contributed by atoms with van der Waals surface area (Å²) in [5.41, 5.74) is 0.741. The van der Waals surface area contributed by atoms with E-state index in [0.717, 1.165) is 18.5 Å². The van der Waals surface area contributed by atoms with Gasteiger partial charge in [0.25, 0.3) is 5.91 Å². The van der Waals surface area contributed by atoms with Gasteiger partial charge < -0.3 is 10.2 Å². The van der Waals surface area contributed by atoms with E-state index < -0.39 is 0 Å². The molecule has 0 bridgehead atoms. The van der Waals surface area contributed by atoms with Gasteiger partial charge in [-0.15, -0.1) is 0 Å². The molecule has 0 aliphatic carbocycles. The molecule has 2 atom stereocenters. The van der Waals surface area contributed by atoms with Crippen LogP contribution in [0.3, 0.4) is 0 Å². The van der Waals surface area contributed by atoms with E-state index in [1.807, 2.05) is 21.7 Å². The second-order valence-corrected chi connectivity index (χ2v) is 5.02. The number of amides is 2. The zero-order chi connectivity index (χ0) is 11.1. The van der Waals surface area contributed by atoms with Crippen molar-refractivity contribution in [2.24, 2.45) is 0 Å². The molecule has 0 radical (unpaired) electrons. The third-order valence-electron chi connectivity index (χ3n) is 3.32. The van der Waals surface area contributed by atoms with E-state index >= 15 is 0 Å². The number of likely N-dealkylation sites (tertiary alicyclic amines) is 1. The summed E-state index contributed by atoms with van der Waals surface area (Å²) in [5.74, 6) is 0.128. The molecular formula is C11H12N2O2S. The second-order valence-electron chi connectivity index (χ2n) is 4.24. The number of nitrogens with zero attached hydrogens (tertiary/aromatic N) is 1. The Morgan fingerprint density at radius 2 is 2.44 bits per heavy atom. The van der Waals surface area contributed by atoms with E-state index in [0.29, 0.717) is 6.42 Å². The smallest absolute Gasteiger partial charge is 0.255 e. The summed E-state index contributed by atoms with van der Waals surface area (Å²) in [7, 11) is 0. The second kappa shape index (κ2) is 3.59. The average molecular weight is 236 g/mol. The Balaban J connectivity index is 1.81. The predicted octanol–water partition coefficient (Wildman–Crippen LogP) is 0.851. The summed E-state index contributed by atoms with van der Waals surface area (Å²) in [4.78, 5) is 25.3. The van der Waals surface area contributed by atoms with Gasteiger partial charge in [0.2, 0.25) is 5.91 Å². The zero-order valence-electron chi connectivity index (χ0n) is 8.68. The van der Waals surface area contributed by atoms with Gasteiger partial charge in [0.05, 0.1) is 17.6 Å². The predicted molar refractivity (Wildman–Crippen MR) is 60.3 cm³/mol. The number of nitrogens with one attached hydrogen (secondary N) is 1. The van der Waals surface area contributed by atoms with Crippen molar-refractivity contribution in [1.29, 1.82) is 0 Å². The van der Waals surface area contributed by atoms with Crippen LogP contribution < -0.4 is 5.32 Å². The molecule has 1 aromatic heterocycles. The van der Waals surface area contributed by atoms with Crippen molar-refractivity contribution >= 4 is 23.2 Å². The van der Waals surface area contributed by atoms with Gasteiger partial charge >= 0.3 is 0 Å². The van der Waals surface area contributed by atoms with E-state index in [-0.39, 0.29) is 23.9 Å². The molecule has 16 heavy (non-hydrogen) atoms. The molecule has 3 heterocycles. The number of thiophene rings is 1. The van der Waals surface area contributed by atoms with Crippen LogP contribution in [0.1, 0.15) is 23.2 Å². The number of fused-ring (bicyclic) bond motifs is 1. The van der Waals surface area contributed by atoms with Crippen molar-refractivity contribution in [1.82, 2.24) is 10.2 Å². The van der Waals surface area contributed by atoms with Crippen LogP contribution in [0.25, 0.3) is 0 Å². The lowest BCUT2D eigenvalue weighted by molar-refractivity contribution is -0.119. The van der Waals surface area contributed by atoms with Gasteiger partial charge in [0.15, 0.2) is 0 Å². The van der Waals surface area contributed by atoms with Crippen molar-refractivity contribution in [3.8, 4) is 0 Å². The highest BCUT2D eigenvalue weighted by atomic mass is 32.1. The minimum Gasteiger partial charge on any atom is -0.351 e. The summed E-state index contributed by atoms with van der Waals surface area (Å²) >= 11 is 1.52. The average Bonchev–Trinajstić information content (AvgIpc) is 2.90. The van der Waals surface area contributed by atoms with E-state index in [9.17, 15) is 9.59 Å². The molecule has 84 valence electrons. The number of carbonyl (C=O) groups is 2. The van der Waals surface area contributed by atoms with Crippen LogP contribution >= 0.6 is 11.3 Å². The molecule has 2 saturated heterocycles. The maximum absolute atomic E-state index is 12.2. The Labute approximate surface area is 97.2 Å². The third kappa shape index (κ3) is 1.43. The highest BCUT2D eigenvalue weighted by molar-refractivity contribution is 7.08. The first-order chi connectivity index (χ1) is 7.75. The third-order valence-corrected chi connectivity index (χ3v) is 4.00. The van der Waals surface area contributed by atoms with Gasteiger partial charge in [-0.25, -0.2) is 0 Å². The molecule has 1 aromatic rings. The normalized spacial score (nSPS) is 28.0. The first-order valence-electron chi connectivity index (χ1n) is 5.38. The number of hydrogen-bond acceptors (Lipinski definition) is 3. The van der Waals surface area contributed by atoms with Crippen LogP contribution in [0, 0.1) is 0 Å². The number of rotatable bonds is 1. The quantitative estimate of drug-likeness (QED) is 0.786. The Morgan fingerprint density at radius 1 is 1.56 bits per heavy atom. The van der Waals surface area contributed by atoms with Gasteiger partial charge in [-0.2, -0.15) is 11.3 Å². The molecule has 0 aromatic carbocycles. The summed E-state index contributed by atoms with van der Waals surface area (Å²) in [5, 5.41) is 6.68. The molecular weight excluding hydrogens is 224 g/mol. The van der Waals surface area contributed by atoms with Crippen molar-refractivity contribution in [2.45, 2.75) is 24.9 Å². The van der Waals surface area contributed by atoms with E-state index in [4.69, 9.17) is 0 Å². The van der Waals surface area contributed by atoms with E-state index in [1.54, 1.807) is 0 Å². The Hall–Kier alpha value is -1.36.